The van der Waals surface area contributed by atoms with Gasteiger partial charge in [-0.3, -0.25) is 10.1 Å². The minimum Gasteiger partial charge on any atom is -0.497 e. The molecule has 5 heteroatoms. The summed E-state index contributed by atoms with van der Waals surface area (Å²) < 4.78 is 10.4. The minimum absolute atomic E-state index is 0.244. The third-order valence-corrected chi connectivity index (χ3v) is 2.68. The minimum atomic E-state index is -0.244. The van der Waals surface area contributed by atoms with E-state index in [9.17, 15) is 4.79 Å². The highest BCUT2D eigenvalue weighted by atomic mass is 16.5. The van der Waals surface area contributed by atoms with Crippen LogP contribution in [0.2, 0.25) is 0 Å². The fourth-order valence-corrected chi connectivity index (χ4v) is 1.55. The number of benzene rings is 1. The van der Waals surface area contributed by atoms with Gasteiger partial charge in [0.05, 0.1) is 19.8 Å². The summed E-state index contributed by atoms with van der Waals surface area (Å²) in [5.41, 5.74) is 0.516. The highest BCUT2D eigenvalue weighted by Crippen LogP contribution is 2.23. The normalized spacial score (nSPS) is 14.9. The van der Waals surface area contributed by atoms with Crippen LogP contribution in [0.1, 0.15) is 30.1 Å². The first-order valence-electron chi connectivity index (χ1n) is 6.39. The van der Waals surface area contributed by atoms with Crippen LogP contribution < -0.4 is 10.1 Å². The molecule has 0 spiro atoms. The fraction of sp³-hybridized carbons (Fsp3) is 0.429. The van der Waals surface area contributed by atoms with E-state index in [4.69, 9.17) is 9.47 Å². The number of hydrogen-bond acceptors (Lipinski definition) is 4. The van der Waals surface area contributed by atoms with E-state index in [0.717, 1.165) is 12.8 Å². The maximum atomic E-state index is 12.1. The Kier molecular flexibility index (Phi) is 4.39. The van der Waals surface area contributed by atoms with E-state index in [1.54, 1.807) is 31.4 Å². The Hall–Kier alpha value is -2.04. The third-order valence-electron chi connectivity index (χ3n) is 2.68. The molecule has 0 saturated heterocycles. The molecule has 0 heterocycles. The van der Waals surface area contributed by atoms with Crippen LogP contribution in [-0.4, -0.2) is 31.7 Å². The number of hydrogen-bond donors (Lipinski definition) is 1. The van der Waals surface area contributed by atoms with Gasteiger partial charge in [-0.1, -0.05) is 6.07 Å². The van der Waals surface area contributed by atoms with Crippen LogP contribution in [0.4, 0.5) is 0 Å². The van der Waals surface area contributed by atoms with E-state index in [1.807, 2.05) is 6.92 Å². The number of carbonyl (C=O) groups excluding carboxylic acids is 1. The van der Waals surface area contributed by atoms with Crippen molar-refractivity contribution in [2.24, 2.45) is 4.99 Å². The molecule has 1 saturated carbocycles. The van der Waals surface area contributed by atoms with Crippen LogP contribution in [0, 0.1) is 0 Å². The van der Waals surface area contributed by atoms with Crippen LogP contribution in [0.25, 0.3) is 0 Å². The molecule has 102 valence electrons. The number of amidine groups is 1. The van der Waals surface area contributed by atoms with Crippen LogP contribution >= 0.6 is 0 Å². The molecule has 0 radical (unpaired) electrons. The zero-order chi connectivity index (χ0) is 13.7. The maximum absolute atomic E-state index is 12.1. The second-order valence-electron chi connectivity index (χ2n) is 4.28. The van der Waals surface area contributed by atoms with Crippen LogP contribution in [-0.2, 0) is 4.74 Å². The summed E-state index contributed by atoms with van der Waals surface area (Å²) in [5.74, 6) is 0.400. The first kappa shape index (κ1) is 13.4. The fourth-order valence-electron chi connectivity index (χ4n) is 1.55. The molecule has 0 bridgehead atoms. The Morgan fingerprint density at radius 2 is 2.26 bits per heavy atom. The van der Waals surface area contributed by atoms with Gasteiger partial charge in [0.2, 0.25) is 0 Å². The van der Waals surface area contributed by atoms with Gasteiger partial charge in [0, 0.05) is 5.56 Å². The molecule has 19 heavy (non-hydrogen) atoms. The average molecular weight is 262 g/mol. The average Bonchev–Trinajstić information content (AvgIpc) is 3.23. The van der Waals surface area contributed by atoms with Crippen molar-refractivity contribution in [3.63, 3.8) is 0 Å². The van der Waals surface area contributed by atoms with E-state index in [2.05, 4.69) is 10.3 Å². The van der Waals surface area contributed by atoms with E-state index >= 15 is 0 Å². The van der Waals surface area contributed by atoms with Crippen molar-refractivity contribution in [3.8, 4) is 5.75 Å². The molecule has 1 aliphatic carbocycles. The standard InChI is InChI=1S/C14H18N2O3/c1-3-19-14(15-11-7-8-11)16-13(17)10-5-4-6-12(9-10)18-2/h4-6,9,11H,3,7-8H2,1-2H3,(H,15,16,17). The molecule has 1 aromatic carbocycles. The van der Waals surface area contributed by atoms with Crippen molar-refractivity contribution in [2.75, 3.05) is 13.7 Å². The Labute approximate surface area is 112 Å². The van der Waals surface area contributed by atoms with Gasteiger partial charge in [0.1, 0.15) is 5.75 Å². The van der Waals surface area contributed by atoms with E-state index in [-0.39, 0.29) is 5.91 Å². The zero-order valence-corrected chi connectivity index (χ0v) is 11.2. The molecule has 5 nitrogen and oxygen atoms in total. The zero-order valence-electron chi connectivity index (χ0n) is 11.2. The van der Waals surface area contributed by atoms with Crippen LogP contribution in [0.15, 0.2) is 29.3 Å². The molecule has 1 aromatic rings. The van der Waals surface area contributed by atoms with Gasteiger partial charge in [-0.05, 0) is 38.0 Å². The second-order valence-corrected chi connectivity index (χ2v) is 4.28. The lowest BCUT2D eigenvalue weighted by Crippen LogP contribution is -2.33. The number of amides is 1. The lowest BCUT2D eigenvalue weighted by molar-refractivity contribution is 0.0966. The molecule has 1 fully saturated rings. The predicted octanol–water partition coefficient (Wildman–Crippen LogP) is 1.98. The number of carbonyl (C=O) groups is 1. The van der Waals surface area contributed by atoms with E-state index < -0.39 is 0 Å². The molecule has 2 rings (SSSR count). The molecule has 1 amide bonds. The van der Waals surface area contributed by atoms with Crippen molar-refractivity contribution >= 4 is 11.9 Å². The predicted molar refractivity (Wildman–Crippen MR) is 72.5 cm³/mol. The number of methoxy groups -OCH3 is 1. The molecule has 0 unspecified atom stereocenters. The Bertz CT molecular complexity index is 481. The lowest BCUT2D eigenvalue weighted by atomic mass is 10.2. The Balaban J connectivity index is 2.05. The van der Waals surface area contributed by atoms with Gasteiger partial charge >= 0.3 is 0 Å². The van der Waals surface area contributed by atoms with E-state index in [0.29, 0.717) is 30.0 Å². The van der Waals surface area contributed by atoms with Crippen LogP contribution in [0.3, 0.4) is 0 Å². The quantitative estimate of drug-likeness (QED) is 0.666. The Morgan fingerprint density at radius 1 is 1.47 bits per heavy atom. The third kappa shape index (κ3) is 3.98. The summed E-state index contributed by atoms with van der Waals surface area (Å²) >= 11 is 0. The van der Waals surface area contributed by atoms with Gasteiger partial charge in [0.25, 0.3) is 11.9 Å². The van der Waals surface area contributed by atoms with Gasteiger partial charge in [-0.25, -0.2) is 4.99 Å². The first-order chi connectivity index (χ1) is 9.22. The van der Waals surface area contributed by atoms with Crippen molar-refractivity contribution in [1.82, 2.24) is 5.32 Å². The smallest absolute Gasteiger partial charge is 0.291 e. The topological polar surface area (TPSA) is 59.9 Å². The molecular weight excluding hydrogens is 244 g/mol. The Morgan fingerprint density at radius 3 is 2.89 bits per heavy atom. The highest BCUT2D eigenvalue weighted by molar-refractivity contribution is 6.04. The van der Waals surface area contributed by atoms with Crippen molar-refractivity contribution in [3.05, 3.63) is 29.8 Å². The summed E-state index contributed by atoms with van der Waals surface area (Å²) in [7, 11) is 1.57. The number of nitrogens with one attached hydrogen (secondary N) is 1. The summed E-state index contributed by atoms with van der Waals surface area (Å²) in [6.07, 6.45) is 2.12. The maximum Gasteiger partial charge on any atom is 0.291 e. The molecule has 1 aliphatic rings. The monoisotopic (exact) mass is 262 g/mol. The van der Waals surface area contributed by atoms with Crippen LogP contribution in [0.5, 0.6) is 5.75 Å². The van der Waals surface area contributed by atoms with Crippen molar-refractivity contribution < 1.29 is 14.3 Å². The first-order valence-corrected chi connectivity index (χ1v) is 6.39. The molecule has 1 N–H and O–H groups in total. The molecule has 0 aliphatic heterocycles. The summed E-state index contributed by atoms with van der Waals surface area (Å²) in [6, 6.07) is 7.56. The highest BCUT2D eigenvalue weighted by Gasteiger charge is 2.22. The summed E-state index contributed by atoms with van der Waals surface area (Å²) in [4.78, 5) is 16.4. The number of ether oxygens (including phenoxy) is 2. The van der Waals surface area contributed by atoms with Gasteiger partial charge in [-0.15, -0.1) is 0 Å². The second kappa shape index (κ2) is 6.22. The summed E-state index contributed by atoms with van der Waals surface area (Å²) in [6.45, 7) is 2.34. The van der Waals surface area contributed by atoms with Gasteiger partial charge in [-0.2, -0.15) is 0 Å². The van der Waals surface area contributed by atoms with E-state index in [1.165, 1.54) is 0 Å². The number of nitrogens with zero attached hydrogens (tertiary/aromatic N) is 1. The molecule has 0 aromatic heterocycles. The lowest BCUT2D eigenvalue weighted by Gasteiger charge is -2.09. The number of rotatable bonds is 4. The van der Waals surface area contributed by atoms with Gasteiger partial charge < -0.3 is 9.47 Å². The van der Waals surface area contributed by atoms with Crippen molar-refractivity contribution in [2.45, 2.75) is 25.8 Å². The number of aliphatic imine (C=N–C) groups is 1. The van der Waals surface area contributed by atoms with Gasteiger partial charge in [0.15, 0.2) is 0 Å². The summed E-state index contributed by atoms with van der Waals surface area (Å²) in [5, 5.41) is 2.69. The SMILES string of the molecule is CCOC(=NC1CC1)NC(=O)c1cccc(OC)c1. The largest absolute Gasteiger partial charge is 0.497 e. The molecular formula is C14H18N2O3. The molecule has 0 atom stereocenters. The van der Waals surface area contributed by atoms with Crippen molar-refractivity contribution in [1.29, 1.82) is 0 Å².